The molecule has 0 aliphatic carbocycles. The summed E-state index contributed by atoms with van der Waals surface area (Å²) >= 11 is 13.3. The van der Waals surface area contributed by atoms with Crippen LogP contribution in [0, 0.1) is 0 Å². The summed E-state index contributed by atoms with van der Waals surface area (Å²) in [5, 5.41) is 13.1. The first-order valence-corrected chi connectivity index (χ1v) is 11.9. The van der Waals surface area contributed by atoms with E-state index in [0.29, 0.717) is 33.3 Å². The number of carbonyl (C=O) groups excluding carboxylic acids is 1. The van der Waals surface area contributed by atoms with Crippen molar-refractivity contribution in [3.63, 3.8) is 0 Å². The highest BCUT2D eigenvalue weighted by Crippen LogP contribution is 2.29. The Bertz CT molecular complexity index is 1230. The molecule has 1 aromatic heterocycles. The number of anilines is 1. The highest BCUT2D eigenvalue weighted by atomic mass is 35.5. The number of nitrogens with one attached hydrogen (secondary N) is 1. The van der Waals surface area contributed by atoms with Crippen LogP contribution in [-0.4, -0.2) is 33.0 Å². The van der Waals surface area contributed by atoms with Crippen molar-refractivity contribution < 1.29 is 9.53 Å². The van der Waals surface area contributed by atoms with Crippen LogP contribution in [0.3, 0.4) is 0 Å². The molecule has 0 fully saturated rings. The normalized spacial score (nSPS) is 10.8. The van der Waals surface area contributed by atoms with Crippen molar-refractivity contribution >= 4 is 46.6 Å². The summed E-state index contributed by atoms with van der Waals surface area (Å²) < 4.78 is 7.49. The molecule has 9 heteroatoms. The third-order valence-corrected chi connectivity index (χ3v) is 5.92. The van der Waals surface area contributed by atoms with Crippen LogP contribution >= 0.6 is 35.0 Å². The third kappa shape index (κ3) is 5.87. The van der Waals surface area contributed by atoms with Crippen LogP contribution in [-0.2, 0) is 4.79 Å². The lowest BCUT2D eigenvalue weighted by Gasteiger charge is -2.12. The van der Waals surface area contributed by atoms with E-state index in [1.54, 1.807) is 18.2 Å². The summed E-state index contributed by atoms with van der Waals surface area (Å²) in [6.07, 6.45) is 0. The number of hydrogen-bond donors (Lipinski definition) is 1. The van der Waals surface area contributed by atoms with E-state index in [2.05, 4.69) is 15.5 Å². The van der Waals surface area contributed by atoms with E-state index in [1.165, 1.54) is 11.8 Å². The van der Waals surface area contributed by atoms with E-state index in [-0.39, 0.29) is 11.7 Å². The Morgan fingerprint density at radius 1 is 1.00 bits per heavy atom. The lowest BCUT2D eigenvalue weighted by Crippen LogP contribution is -2.14. The molecule has 1 N–H and O–H groups in total. The van der Waals surface area contributed by atoms with Gasteiger partial charge in [-0.1, -0.05) is 65.3 Å². The molecule has 33 heavy (non-hydrogen) atoms. The van der Waals surface area contributed by atoms with Crippen LogP contribution in [0.5, 0.6) is 5.75 Å². The van der Waals surface area contributed by atoms with E-state index in [4.69, 9.17) is 27.9 Å². The van der Waals surface area contributed by atoms with Crippen LogP contribution < -0.4 is 10.1 Å². The molecule has 0 aliphatic heterocycles. The van der Waals surface area contributed by atoms with Gasteiger partial charge in [-0.25, -0.2) is 0 Å². The molecule has 0 atom stereocenters. The van der Waals surface area contributed by atoms with Gasteiger partial charge in [-0.15, -0.1) is 10.2 Å². The van der Waals surface area contributed by atoms with Gasteiger partial charge >= 0.3 is 0 Å². The fourth-order valence-electron chi connectivity index (χ4n) is 3.18. The maximum absolute atomic E-state index is 12.6. The Hall–Kier alpha value is -3.00. The van der Waals surface area contributed by atoms with Crippen molar-refractivity contribution in [3.8, 4) is 22.8 Å². The predicted molar refractivity (Wildman–Crippen MR) is 134 cm³/mol. The molecule has 4 aromatic rings. The van der Waals surface area contributed by atoms with E-state index < -0.39 is 0 Å². The van der Waals surface area contributed by atoms with Crippen molar-refractivity contribution in [1.82, 2.24) is 14.8 Å². The van der Waals surface area contributed by atoms with E-state index in [0.717, 1.165) is 17.0 Å². The van der Waals surface area contributed by atoms with Crippen molar-refractivity contribution in [2.24, 2.45) is 0 Å². The molecule has 0 radical (unpaired) electrons. The number of hydrogen-bond acceptors (Lipinski definition) is 5. The molecule has 6 nitrogen and oxygen atoms in total. The molecule has 0 saturated heterocycles. The van der Waals surface area contributed by atoms with Crippen LogP contribution in [0.1, 0.15) is 6.92 Å². The second-order valence-corrected chi connectivity index (χ2v) is 8.74. The topological polar surface area (TPSA) is 69.0 Å². The van der Waals surface area contributed by atoms with E-state index in [9.17, 15) is 4.79 Å². The second-order valence-electron chi connectivity index (χ2n) is 6.93. The van der Waals surface area contributed by atoms with Gasteiger partial charge in [0.25, 0.3) is 0 Å². The molecular formula is C24H20Cl2N4O2S. The number of benzene rings is 3. The molecule has 0 spiro atoms. The summed E-state index contributed by atoms with van der Waals surface area (Å²) in [5.74, 6) is 1.39. The van der Waals surface area contributed by atoms with Gasteiger partial charge in [0, 0.05) is 27.0 Å². The smallest absolute Gasteiger partial charge is 0.234 e. The Morgan fingerprint density at radius 2 is 1.70 bits per heavy atom. The quantitative estimate of drug-likeness (QED) is 0.285. The largest absolute Gasteiger partial charge is 0.494 e. The maximum Gasteiger partial charge on any atom is 0.234 e. The third-order valence-electron chi connectivity index (χ3n) is 4.55. The zero-order chi connectivity index (χ0) is 23.2. The SMILES string of the molecule is CCOc1ccc(-n2c(SCC(=O)Nc3cc(Cl)cc(Cl)c3)nnc2-c2ccccc2)cc1. The molecule has 4 rings (SSSR count). The minimum atomic E-state index is -0.208. The number of carbonyl (C=O) groups is 1. The van der Waals surface area contributed by atoms with Crippen LogP contribution in [0.4, 0.5) is 5.69 Å². The van der Waals surface area contributed by atoms with Gasteiger partial charge in [-0.3, -0.25) is 9.36 Å². The number of nitrogens with zero attached hydrogens (tertiary/aromatic N) is 3. The number of rotatable bonds is 8. The average Bonchev–Trinajstić information content (AvgIpc) is 3.22. The lowest BCUT2D eigenvalue weighted by atomic mass is 10.2. The standard InChI is InChI=1S/C24H20Cl2N4O2S/c1-2-32-21-10-8-20(9-11-21)30-23(16-6-4-3-5-7-16)28-29-24(30)33-15-22(31)27-19-13-17(25)12-18(26)14-19/h3-14H,2,15H2,1H3,(H,27,31). The van der Waals surface area contributed by atoms with E-state index >= 15 is 0 Å². The van der Waals surface area contributed by atoms with Crippen LogP contribution in [0.25, 0.3) is 17.1 Å². The zero-order valence-corrected chi connectivity index (χ0v) is 20.0. The molecule has 0 aliphatic rings. The summed E-state index contributed by atoms with van der Waals surface area (Å²) in [6.45, 7) is 2.54. The van der Waals surface area contributed by atoms with Gasteiger partial charge < -0.3 is 10.1 Å². The van der Waals surface area contributed by atoms with Gasteiger partial charge in [0.15, 0.2) is 11.0 Å². The molecule has 0 saturated carbocycles. The Balaban J connectivity index is 1.58. The second kappa shape index (κ2) is 10.7. The number of ether oxygens (including phenoxy) is 1. The Labute approximate surface area is 205 Å². The molecule has 0 unspecified atom stereocenters. The fourth-order valence-corrected chi connectivity index (χ4v) is 4.46. The minimum Gasteiger partial charge on any atom is -0.494 e. The van der Waals surface area contributed by atoms with Gasteiger partial charge in [0.2, 0.25) is 5.91 Å². The number of halogens is 2. The van der Waals surface area contributed by atoms with Gasteiger partial charge in [0.05, 0.1) is 12.4 Å². The van der Waals surface area contributed by atoms with Gasteiger partial charge in [-0.2, -0.15) is 0 Å². The zero-order valence-electron chi connectivity index (χ0n) is 17.7. The first-order valence-electron chi connectivity index (χ1n) is 10.2. The maximum atomic E-state index is 12.6. The molecule has 168 valence electrons. The summed E-state index contributed by atoms with van der Waals surface area (Å²) in [7, 11) is 0. The molecular weight excluding hydrogens is 479 g/mol. The molecule has 0 bridgehead atoms. The van der Waals surface area contributed by atoms with Crippen molar-refractivity contribution in [3.05, 3.63) is 82.8 Å². The summed E-state index contributed by atoms with van der Waals surface area (Å²) in [4.78, 5) is 12.6. The van der Waals surface area contributed by atoms with Crippen molar-refractivity contribution in [2.75, 3.05) is 17.7 Å². The van der Waals surface area contributed by atoms with Crippen molar-refractivity contribution in [1.29, 1.82) is 0 Å². The minimum absolute atomic E-state index is 0.133. The fraction of sp³-hybridized carbons (Fsp3) is 0.125. The van der Waals surface area contributed by atoms with Gasteiger partial charge in [0.1, 0.15) is 5.75 Å². The average molecular weight is 499 g/mol. The number of aromatic nitrogens is 3. The van der Waals surface area contributed by atoms with Crippen molar-refractivity contribution in [2.45, 2.75) is 12.1 Å². The number of thioether (sulfide) groups is 1. The highest BCUT2D eigenvalue weighted by Gasteiger charge is 2.17. The number of amides is 1. The van der Waals surface area contributed by atoms with Crippen LogP contribution in [0.2, 0.25) is 10.0 Å². The highest BCUT2D eigenvalue weighted by molar-refractivity contribution is 7.99. The molecule has 1 heterocycles. The predicted octanol–water partition coefficient (Wildman–Crippen LogP) is 6.37. The molecule has 1 amide bonds. The Kier molecular flexibility index (Phi) is 7.54. The Morgan fingerprint density at radius 3 is 2.36 bits per heavy atom. The van der Waals surface area contributed by atoms with Gasteiger partial charge in [-0.05, 0) is 49.4 Å². The van der Waals surface area contributed by atoms with Crippen LogP contribution in [0.15, 0.2) is 78.0 Å². The first-order chi connectivity index (χ1) is 16.0. The summed E-state index contributed by atoms with van der Waals surface area (Å²) in [6, 6.07) is 22.4. The monoisotopic (exact) mass is 498 g/mol. The first kappa shape index (κ1) is 23.2. The van der Waals surface area contributed by atoms with E-state index in [1.807, 2.05) is 66.1 Å². The molecule has 3 aromatic carbocycles. The lowest BCUT2D eigenvalue weighted by molar-refractivity contribution is -0.113. The summed E-state index contributed by atoms with van der Waals surface area (Å²) in [5.41, 5.74) is 2.33.